The van der Waals surface area contributed by atoms with Gasteiger partial charge in [-0.15, -0.1) is 0 Å². The quantitative estimate of drug-likeness (QED) is 0.597. The number of hydrogen-bond acceptors (Lipinski definition) is 4. The Balaban J connectivity index is 2.67. The number of carbonyl (C=O) groups is 1. The van der Waals surface area contributed by atoms with E-state index in [9.17, 15) is 4.79 Å². The van der Waals surface area contributed by atoms with E-state index in [2.05, 4.69) is 5.32 Å². The number of hydrogen-bond donors (Lipinski definition) is 2. The maximum absolute atomic E-state index is 11.3. The SMILES string of the molecule is Cc1ccc(N)c(C)c1OCC(=O)NCC#N. The molecule has 0 saturated heterocycles. The summed E-state index contributed by atoms with van der Waals surface area (Å²) >= 11 is 0. The summed E-state index contributed by atoms with van der Waals surface area (Å²) in [6.45, 7) is 3.59. The number of rotatable bonds is 4. The van der Waals surface area contributed by atoms with Gasteiger partial charge >= 0.3 is 0 Å². The maximum atomic E-state index is 11.3. The van der Waals surface area contributed by atoms with Crippen LogP contribution in [0.4, 0.5) is 5.69 Å². The molecule has 1 amide bonds. The van der Waals surface area contributed by atoms with E-state index in [0.29, 0.717) is 11.4 Å². The zero-order valence-electron chi connectivity index (χ0n) is 9.91. The lowest BCUT2D eigenvalue weighted by Crippen LogP contribution is -2.29. The van der Waals surface area contributed by atoms with Gasteiger partial charge in [-0.05, 0) is 25.5 Å². The minimum Gasteiger partial charge on any atom is -0.483 e. The molecular weight excluding hydrogens is 218 g/mol. The number of ether oxygens (including phenoxy) is 1. The molecule has 5 nitrogen and oxygen atoms in total. The molecule has 0 saturated carbocycles. The van der Waals surface area contributed by atoms with Crippen LogP contribution in [0, 0.1) is 25.2 Å². The van der Waals surface area contributed by atoms with E-state index in [1.807, 2.05) is 26.0 Å². The molecule has 0 heterocycles. The van der Waals surface area contributed by atoms with E-state index >= 15 is 0 Å². The lowest BCUT2D eigenvalue weighted by molar-refractivity contribution is -0.122. The predicted molar refractivity (Wildman–Crippen MR) is 64.4 cm³/mol. The lowest BCUT2D eigenvalue weighted by atomic mass is 10.1. The average Bonchev–Trinajstić information content (AvgIpc) is 2.31. The van der Waals surface area contributed by atoms with E-state index in [0.717, 1.165) is 11.1 Å². The Morgan fingerprint density at radius 1 is 1.53 bits per heavy atom. The van der Waals surface area contributed by atoms with Crippen LogP contribution in [0.3, 0.4) is 0 Å². The van der Waals surface area contributed by atoms with E-state index in [-0.39, 0.29) is 19.1 Å². The van der Waals surface area contributed by atoms with Crippen molar-refractivity contribution in [2.45, 2.75) is 13.8 Å². The summed E-state index contributed by atoms with van der Waals surface area (Å²) in [6, 6.07) is 5.46. The number of carbonyl (C=O) groups excluding carboxylic acids is 1. The largest absolute Gasteiger partial charge is 0.483 e. The molecule has 5 heteroatoms. The highest BCUT2D eigenvalue weighted by atomic mass is 16.5. The normalized spacial score (nSPS) is 9.47. The molecule has 1 rings (SSSR count). The molecule has 0 aliphatic heterocycles. The molecule has 0 fully saturated rings. The van der Waals surface area contributed by atoms with Gasteiger partial charge in [-0.2, -0.15) is 5.26 Å². The Morgan fingerprint density at radius 3 is 2.88 bits per heavy atom. The third-order valence-corrected chi connectivity index (χ3v) is 2.36. The Hall–Kier alpha value is -2.22. The van der Waals surface area contributed by atoms with Crippen molar-refractivity contribution in [1.82, 2.24) is 5.32 Å². The number of benzene rings is 1. The Kier molecular flexibility index (Phi) is 4.35. The Morgan fingerprint density at radius 2 is 2.24 bits per heavy atom. The van der Waals surface area contributed by atoms with E-state index in [4.69, 9.17) is 15.7 Å². The minimum absolute atomic E-state index is 0.0168. The topological polar surface area (TPSA) is 88.1 Å². The highest BCUT2D eigenvalue weighted by Crippen LogP contribution is 2.27. The number of nitrogens with zero attached hydrogens (tertiary/aromatic N) is 1. The third-order valence-electron chi connectivity index (χ3n) is 2.36. The van der Waals surface area contributed by atoms with Gasteiger partial charge in [0.2, 0.25) is 0 Å². The predicted octanol–water partition coefficient (Wildman–Crippen LogP) is 0.904. The van der Waals surface area contributed by atoms with Gasteiger partial charge in [0.1, 0.15) is 12.3 Å². The highest BCUT2D eigenvalue weighted by molar-refractivity contribution is 5.77. The summed E-state index contributed by atoms with van der Waals surface area (Å²) in [5.41, 5.74) is 8.12. The van der Waals surface area contributed by atoms with Crippen molar-refractivity contribution in [2.24, 2.45) is 0 Å². The number of nitrogens with one attached hydrogen (secondary N) is 1. The van der Waals surface area contributed by atoms with Crippen LogP contribution in [0.2, 0.25) is 0 Å². The van der Waals surface area contributed by atoms with Gasteiger partial charge in [0.05, 0.1) is 6.07 Å². The van der Waals surface area contributed by atoms with Crippen LogP contribution < -0.4 is 15.8 Å². The fraction of sp³-hybridized carbons (Fsp3) is 0.333. The summed E-state index contributed by atoms with van der Waals surface area (Å²) in [5.74, 6) is 0.296. The first kappa shape index (κ1) is 12.8. The lowest BCUT2D eigenvalue weighted by Gasteiger charge is -2.13. The zero-order chi connectivity index (χ0) is 12.8. The van der Waals surface area contributed by atoms with Gasteiger partial charge in [0, 0.05) is 11.3 Å². The van der Waals surface area contributed by atoms with Gasteiger partial charge in [-0.3, -0.25) is 4.79 Å². The summed E-state index contributed by atoms with van der Waals surface area (Å²) in [6.07, 6.45) is 0. The molecule has 0 radical (unpaired) electrons. The molecule has 0 aliphatic rings. The molecule has 17 heavy (non-hydrogen) atoms. The van der Waals surface area contributed by atoms with Gasteiger partial charge in [0.25, 0.3) is 5.91 Å². The second-order valence-corrected chi connectivity index (χ2v) is 3.65. The van der Waals surface area contributed by atoms with Crippen LogP contribution in [-0.2, 0) is 4.79 Å². The van der Waals surface area contributed by atoms with Crippen molar-refractivity contribution in [3.05, 3.63) is 23.3 Å². The van der Waals surface area contributed by atoms with Crippen LogP contribution in [0.15, 0.2) is 12.1 Å². The minimum atomic E-state index is -0.326. The van der Waals surface area contributed by atoms with Crippen molar-refractivity contribution < 1.29 is 9.53 Å². The van der Waals surface area contributed by atoms with Crippen LogP contribution in [0.5, 0.6) is 5.75 Å². The number of nitrogens with two attached hydrogens (primary N) is 1. The van der Waals surface area contributed by atoms with Crippen molar-refractivity contribution >= 4 is 11.6 Å². The second kappa shape index (κ2) is 5.75. The van der Waals surface area contributed by atoms with Gasteiger partial charge in [0.15, 0.2) is 6.61 Å². The van der Waals surface area contributed by atoms with Crippen molar-refractivity contribution in [3.63, 3.8) is 0 Å². The molecule has 0 aliphatic carbocycles. The number of anilines is 1. The first-order chi connectivity index (χ1) is 8.06. The molecule has 0 unspecified atom stereocenters. The van der Waals surface area contributed by atoms with E-state index in [1.165, 1.54) is 0 Å². The Bertz CT molecular complexity index is 464. The van der Waals surface area contributed by atoms with Crippen molar-refractivity contribution in [1.29, 1.82) is 5.26 Å². The molecular formula is C12H15N3O2. The maximum Gasteiger partial charge on any atom is 0.258 e. The third kappa shape index (κ3) is 3.38. The van der Waals surface area contributed by atoms with Gasteiger partial charge < -0.3 is 15.8 Å². The fourth-order valence-corrected chi connectivity index (χ4v) is 1.39. The molecule has 1 aromatic rings. The number of nitriles is 1. The van der Waals surface area contributed by atoms with Crippen LogP contribution >= 0.6 is 0 Å². The van der Waals surface area contributed by atoms with Crippen molar-refractivity contribution in [2.75, 3.05) is 18.9 Å². The van der Waals surface area contributed by atoms with Gasteiger partial charge in [-0.25, -0.2) is 0 Å². The summed E-state index contributed by atoms with van der Waals surface area (Å²) in [5, 5.41) is 10.7. The van der Waals surface area contributed by atoms with Crippen LogP contribution in [0.25, 0.3) is 0 Å². The molecule has 90 valence electrons. The molecule has 0 bridgehead atoms. The highest BCUT2D eigenvalue weighted by Gasteiger charge is 2.09. The first-order valence-electron chi connectivity index (χ1n) is 5.18. The summed E-state index contributed by atoms with van der Waals surface area (Å²) in [4.78, 5) is 11.3. The number of amides is 1. The average molecular weight is 233 g/mol. The molecule has 0 atom stereocenters. The fourth-order valence-electron chi connectivity index (χ4n) is 1.39. The molecule has 0 aromatic heterocycles. The summed E-state index contributed by atoms with van der Waals surface area (Å²) in [7, 11) is 0. The standard InChI is InChI=1S/C12H15N3O2/c1-8-3-4-10(14)9(2)12(8)17-7-11(16)15-6-5-13/h3-4H,6-7,14H2,1-2H3,(H,15,16). The zero-order valence-corrected chi connectivity index (χ0v) is 9.91. The van der Waals surface area contributed by atoms with E-state index in [1.54, 1.807) is 6.07 Å². The van der Waals surface area contributed by atoms with E-state index < -0.39 is 0 Å². The smallest absolute Gasteiger partial charge is 0.258 e. The first-order valence-corrected chi connectivity index (χ1v) is 5.18. The monoisotopic (exact) mass is 233 g/mol. The van der Waals surface area contributed by atoms with Crippen LogP contribution in [0.1, 0.15) is 11.1 Å². The van der Waals surface area contributed by atoms with Crippen LogP contribution in [-0.4, -0.2) is 19.1 Å². The molecule has 1 aromatic carbocycles. The number of nitrogen functional groups attached to an aromatic ring is 1. The number of aryl methyl sites for hydroxylation is 1. The summed E-state index contributed by atoms with van der Waals surface area (Å²) < 4.78 is 5.41. The molecule has 3 N–H and O–H groups in total. The second-order valence-electron chi connectivity index (χ2n) is 3.65. The Labute approximate surface area is 100 Å². The molecule has 0 spiro atoms. The van der Waals surface area contributed by atoms with Crippen molar-refractivity contribution in [3.8, 4) is 11.8 Å². The van der Waals surface area contributed by atoms with Gasteiger partial charge in [-0.1, -0.05) is 6.07 Å².